The molecule has 100 valence electrons. The molecule has 1 atom stereocenters. The Bertz CT molecular complexity index is 505. The monoisotopic (exact) mass is 275 g/mol. The number of anilines is 1. The third kappa shape index (κ3) is 3.02. The second kappa shape index (κ2) is 5.40. The Morgan fingerprint density at radius 2 is 2.21 bits per heavy atom. The van der Waals surface area contributed by atoms with Gasteiger partial charge in [0, 0.05) is 19.1 Å². The van der Waals surface area contributed by atoms with E-state index in [2.05, 4.69) is 16.3 Å². The van der Waals surface area contributed by atoms with E-state index >= 15 is 0 Å². The molecule has 1 aliphatic heterocycles. The number of nitrogens with one attached hydrogen (secondary N) is 1. The zero-order chi connectivity index (χ0) is 13.2. The Labute approximate surface area is 119 Å². The Kier molecular flexibility index (Phi) is 3.63. The number of hydrogen-bond donors (Lipinski definition) is 1. The highest BCUT2D eigenvalue weighted by atomic mass is 35.5. The third-order valence-corrected chi connectivity index (χ3v) is 4.37. The predicted molar refractivity (Wildman–Crippen MR) is 77.4 cm³/mol. The minimum Gasteiger partial charge on any atom is -0.384 e. The van der Waals surface area contributed by atoms with Gasteiger partial charge >= 0.3 is 0 Å². The predicted octanol–water partition coefficient (Wildman–Crippen LogP) is 3.11. The van der Waals surface area contributed by atoms with Crippen molar-refractivity contribution in [1.29, 1.82) is 5.26 Å². The van der Waals surface area contributed by atoms with Gasteiger partial charge in [-0.3, -0.25) is 0 Å². The fraction of sp³-hybridized carbons (Fsp3) is 0.533. The second-order valence-corrected chi connectivity index (χ2v) is 5.98. The summed E-state index contributed by atoms with van der Waals surface area (Å²) in [5, 5.41) is 12.9. The Morgan fingerprint density at radius 3 is 2.89 bits per heavy atom. The normalized spacial score (nSPS) is 23.3. The van der Waals surface area contributed by atoms with E-state index in [1.165, 1.54) is 32.4 Å². The molecule has 0 bridgehead atoms. The van der Waals surface area contributed by atoms with Crippen LogP contribution in [0.1, 0.15) is 24.8 Å². The number of nitriles is 1. The summed E-state index contributed by atoms with van der Waals surface area (Å²) in [5.41, 5.74) is 1.54. The number of hydrogen-bond acceptors (Lipinski definition) is 3. The lowest BCUT2D eigenvalue weighted by atomic mass is 10.1. The summed E-state index contributed by atoms with van der Waals surface area (Å²) in [5.74, 6) is 0.715. The van der Waals surface area contributed by atoms with Crippen LogP contribution < -0.4 is 5.32 Å². The van der Waals surface area contributed by atoms with Gasteiger partial charge in [0.1, 0.15) is 0 Å². The van der Waals surface area contributed by atoms with E-state index in [0.717, 1.165) is 18.3 Å². The summed E-state index contributed by atoms with van der Waals surface area (Å²) in [7, 11) is 0. The fourth-order valence-corrected chi connectivity index (χ4v) is 3.03. The molecule has 2 aliphatic rings. The van der Waals surface area contributed by atoms with Gasteiger partial charge in [-0.1, -0.05) is 11.6 Å². The summed E-state index contributed by atoms with van der Waals surface area (Å²) < 4.78 is 0. The van der Waals surface area contributed by atoms with Gasteiger partial charge in [0.05, 0.1) is 22.3 Å². The molecule has 1 saturated heterocycles. The number of halogens is 1. The highest BCUT2D eigenvalue weighted by molar-refractivity contribution is 6.33. The zero-order valence-corrected chi connectivity index (χ0v) is 11.7. The summed E-state index contributed by atoms with van der Waals surface area (Å²) in [6.45, 7) is 3.43. The average Bonchev–Trinajstić information content (AvgIpc) is 3.17. The summed E-state index contributed by atoms with van der Waals surface area (Å²) in [6, 6.07) is 8.40. The SMILES string of the molecule is N#Cc1ccc(NCC2CCN(C3CC3)C2)c(Cl)c1. The molecule has 1 aliphatic carbocycles. The van der Waals surface area contributed by atoms with Crippen LogP contribution in [0.2, 0.25) is 5.02 Å². The molecule has 1 heterocycles. The molecule has 0 radical (unpaired) electrons. The quantitative estimate of drug-likeness (QED) is 0.918. The lowest BCUT2D eigenvalue weighted by Gasteiger charge is -2.16. The molecule has 1 aromatic carbocycles. The summed E-state index contributed by atoms with van der Waals surface area (Å²) >= 11 is 6.16. The van der Waals surface area contributed by atoms with E-state index in [4.69, 9.17) is 16.9 Å². The molecule has 0 spiro atoms. The van der Waals surface area contributed by atoms with Crippen molar-refractivity contribution in [2.45, 2.75) is 25.3 Å². The molecule has 0 aromatic heterocycles. The van der Waals surface area contributed by atoms with Crippen molar-refractivity contribution in [3.63, 3.8) is 0 Å². The molecule has 0 amide bonds. The van der Waals surface area contributed by atoms with Gasteiger partial charge in [0.2, 0.25) is 0 Å². The van der Waals surface area contributed by atoms with Crippen LogP contribution in [-0.2, 0) is 0 Å². The van der Waals surface area contributed by atoms with E-state index in [-0.39, 0.29) is 0 Å². The molecule has 19 heavy (non-hydrogen) atoms. The van der Waals surface area contributed by atoms with Gasteiger partial charge in [-0.05, 0) is 49.9 Å². The van der Waals surface area contributed by atoms with Gasteiger partial charge < -0.3 is 10.2 Å². The molecule has 3 rings (SSSR count). The van der Waals surface area contributed by atoms with Crippen LogP contribution in [-0.4, -0.2) is 30.6 Å². The molecule has 3 nitrogen and oxygen atoms in total. The smallest absolute Gasteiger partial charge is 0.0992 e. The number of benzene rings is 1. The molecule has 1 saturated carbocycles. The number of rotatable bonds is 4. The van der Waals surface area contributed by atoms with Gasteiger partial charge in [0.25, 0.3) is 0 Å². The maximum atomic E-state index is 8.81. The first-order valence-corrected chi connectivity index (χ1v) is 7.31. The van der Waals surface area contributed by atoms with Crippen LogP contribution in [0, 0.1) is 17.2 Å². The highest BCUT2D eigenvalue weighted by Gasteiger charge is 2.34. The van der Waals surface area contributed by atoms with Crippen molar-refractivity contribution in [2.24, 2.45) is 5.92 Å². The highest BCUT2D eigenvalue weighted by Crippen LogP contribution is 2.32. The van der Waals surface area contributed by atoms with Crippen LogP contribution >= 0.6 is 11.6 Å². The molecule has 4 heteroatoms. The zero-order valence-electron chi connectivity index (χ0n) is 10.9. The maximum Gasteiger partial charge on any atom is 0.0992 e. The average molecular weight is 276 g/mol. The first kappa shape index (κ1) is 12.8. The molecule has 1 N–H and O–H groups in total. The molecular formula is C15H18ClN3. The summed E-state index contributed by atoms with van der Waals surface area (Å²) in [4.78, 5) is 2.62. The molecule has 2 fully saturated rings. The lowest BCUT2D eigenvalue weighted by Crippen LogP contribution is -2.24. The van der Waals surface area contributed by atoms with E-state index in [9.17, 15) is 0 Å². The van der Waals surface area contributed by atoms with Crippen molar-refractivity contribution in [2.75, 3.05) is 25.0 Å². The van der Waals surface area contributed by atoms with Crippen molar-refractivity contribution >= 4 is 17.3 Å². The van der Waals surface area contributed by atoms with E-state index in [1.54, 1.807) is 12.1 Å². The van der Waals surface area contributed by atoms with Gasteiger partial charge in [0.15, 0.2) is 0 Å². The Morgan fingerprint density at radius 1 is 1.37 bits per heavy atom. The van der Waals surface area contributed by atoms with Crippen LogP contribution in [0.5, 0.6) is 0 Å². The maximum absolute atomic E-state index is 8.81. The Hall–Kier alpha value is -1.24. The summed E-state index contributed by atoms with van der Waals surface area (Å²) in [6.07, 6.45) is 4.06. The Balaban J connectivity index is 1.53. The largest absolute Gasteiger partial charge is 0.384 e. The van der Waals surface area contributed by atoms with Crippen LogP contribution in [0.3, 0.4) is 0 Å². The van der Waals surface area contributed by atoms with Crippen molar-refractivity contribution in [3.05, 3.63) is 28.8 Å². The van der Waals surface area contributed by atoms with Crippen LogP contribution in [0.15, 0.2) is 18.2 Å². The van der Waals surface area contributed by atoms with Gasteiger partial charge in [-0.2, -0.15) is 5.26 Å². The van der Waals surface area contributed by atoms with Crippen LogP contribution in [0.4, 0.5) is 5.69 Å². The minimum atomic E-state index is 0.608. The third-order valence-electron chi connectivity index (χ3n) is 4.06. The first-order chi connectivity index (χ1) is 9.26. The van der Waals surface area contributed by atoms with Crippen molar-refractivity contribution < 1.29 is 0 Å². The van der Waals surface area contributed by atoms with E-state index in [0.29, 0.717) is 16.5 Å². The number of likely N-dealkylation sites (tertiary alicyclic amines) is 1. The van der Waals surface area contributed by atoms with E-state index in [1.807, 2.05) is 6.07 Å². The van der Waals surface area contributed by atoms with Gasteiger partial charge in [-0.15, -0.1) is 0 Å². The molecule has 1 aromatic rings. The van der Waals surface area contributed by atoms with Crippen molar-refractivity contribution in [3.8, 4) is 6.07 Å². The number of nitrogens with zero attached hydrogens (tertiary/aromatic N) is 2. The molecular weight excluding hydrogens is 258 g/mol. The minimum absolute atomic E-state index is 0.608. The van der Waals surface area contributed by atoms with E-state index < -0.39 is 0 Å². The van der Waals surface area contributed by atoms with Crippen LogP contribution in [0.25, 0.3) is 0 Å². The lowest BCUT2D eigenvalue weighted by molar-refractivity contribution is 0.316. The first-order valence-electron chi connectivity index (χ1n) is 6.94. The fourth-order valence-electron chi connectivity index (χ4n) is 2.78. The van der Waals surface area contributed by atoms with Gasteiger partial charge in [-0.25, -0.2) is 0 Å². The standard InChI is InChI=1S/C15H18ClN3/c16-14-7-11(8-17)1-4-15(14)18-9-12-5-6-19(10-12)13-2-3-13/h1,4,7,12-13,18H,2-3,5-6,9-10H2. The second-order valence-electron chi connectivity index (χ2n) is 5.57. The van der Waals surface area contributed by atoms with Crippen molar-refractivity contribution in [1.82, 2.24) is 4.90 Å². The topological polar surface area (TPSA) is 39.1 Å². The molecule has 1 unspecified atom stereocenters.